The first kappa shape index (κ1) is 19.0. The van der Waals surface area contributed by atoms with E-state index in [0.29, 0.717) is 12.2 Å². The minimum atomic E-state index is -4.52. The number of halogens is 4. The van der Waals surface area contributed by atoms with Crippen LogP contribution in [0, 0.1) is 0 Å². The van der Waals surface area contributed by atoms with Crippen LogP contribution in [0.5, 0.6) is 0 Å². The highest BCUT2D eigenvalue weighted by atomic mass is 35.5. The number of alkyl halides is 3. The Labute approximate surface area is 156 Å². The van der Waals surface area contributed by atoms with Gasteiger partial charge >= 0.3 is 6.18 Å². The number of pyridine rings is 1. The van der Waals surface area contributed by atoms with Crippen molar-refractivity contribution in [1.82, 2.24) is 9.88 Å². The zero-order chi connectivity index (χ0) is 19.1. The highest BCUT2D eigenvalue weighted by Crippen LogP contribution is 2.54. The maximum atomic E-state index is 14.7. The van der Waals surface area contributed by atoms with Crippen LogP contribution in [0.1, 0.15) is 31.9 Å². The Hall–Kier alpha value is -1.79. The van der Waals surface area contributed by atoms with Crippen LogP contribution in [0.3, 0.4) is 0 Å². The number of hydrogen-bond donors (Lipinski definition) is 1. The van der Waals surface area contributed by atoms with Crippen LogP contribution in [-0.4, -0.2) is 35.2 Å². The topological polar surface area (TPSA) is 28.2 Å². The summed E-state index contributed by atoms with van der Waals surface area (Å²) in [5, 5.41) is 3.30. The van der Waals surface area contributed by atoms with Crippen molar-refractivity contribution in [2.45, 2.75) is 38.4 Å². The number of likely N-dealkylation sites (N-methyl/N-ethyl adjacent to an activating group) is 1. The molecular formula is C19H21ClF3N3. The van der Waals surface area contributed by atoms with Crippen LogP contribution in [0.15, 0.2) is 36.5 Å². The van der Waals surface area contributed by atoms with E-state index in [4.69, 9.17) is 11.6 Å². The second-order valence-electron chi connectivity index (χ2n) is 6.77. The van der Waals surface area contributed by atoms with Crippen LogP contribution in [0.4, 0.5) is 24.7 Å². The predicted octanol–water partition coefficient (Wildman–Crippen LogP) is 5.37. The van der Waals surface area contributed by atoms with Crippen molar-refractivity contribution in [3.05, 3.63) is 52.7 Å². The normalized spacial score (nSPS) is 19.3. The number of nitrogens with one attached hydrogen (secondary N) is 1. The van der Waals surface area contributed by atoms with Gasteiger partial charge in [-0.2, -0.15) is 13.2 Å². The molecule has 1 N–H and O–H groups in total. The van der Waals surface area contributed by atoms with Crippen LogP contribution < -0.4 is 5.32 Å². The number of anilines is 2. The Bertz CT molecular complexity index is 807. The van der Waals surface area contributed by atoms with Gasteiger partial charge in [0.15, 0.2) is 0 Å². The maximum Gasteiger partial charge on any atom is 0.403 e. The van der Waals surface area contributed by atoms with Gasteiger partial charge in [-0.3, -0.25) is 4.90 Å². The molecule has 140 valence electrons. The number of fused-ring (bicyclic) bond motifs is 2. The molecular weight excluding hydrogens is 363 g/mol. The molecule has 7 heteroatoms. The molecule has 2 heterocycles. The fourth-order valence-corrected chi connectivity index (χ4v) is 3.80. The number of rotatable bonds is 4. The van der Waals surface area contributed by atoms with E-state index in [1.807, 2.05) is 25.7 Å². The van der Waals surface area contributed by atoms with Crippen molar-refractivity contribution in [2.24, 2.45) is 0 Å². The highest BCUT2D eigenvalue weighted by Gasteiger charge is 2.61. The summed E-state index contributed by atoms with van der Waals surface area (Å²) >= 11 is 6.09. The lowest BCUT2D eigenvalue weighted by Crippen LogP contribution is -2.54. The van der Waals surface area contributed by atoms with Gasteiger partial charge in [0, 0.05) is 35.1 Å². The summed E-state index contributed by atoms with van der Waals surface area (Å²) in [6.45, 7) is 5.98. The molecule has 0 saturated heterocycles. The van der Waals surface area contributed by atoms with Gasteiger partial charge in [-0.15, -0.1) is 0 Å². The summed E-state index contributed by atoms with van der Waals surface area (Å²) < 4.78 is 44.2. The molecule has 1 aromatic carbocycles. The van der Waals surface area contributed by atoms with Gasteiger partial charge in [-0.25, -0.2) is 4.98 Å². The van der Waals surface area contributed by atoms with E-state index in [0.717, 1.165) is 0 Å². The largest absolute Gasteiger partial charge is 0.403 e. The number of nitrogens with zero attached hydrogens (tertiary/aromatic N) is 2. The predicted molar refractivity (Wildman–Crippen MR) is 98.2 cm³/mol. The van der Waals surface area contributed by atoms with E-state index < -0.39 is 11.6 Å². The number of benzene rings is 1. The summed E-state index contributed by atoms with van der Waals surface area (Å²) in [6.07, 6.45) is -3.03. The second-order valence-corrected chi connectivity index (χ2v) is 7.21. The molecule has 0 fully saturated rings. The molecule has 0 aliphatic carbocycles. The van der Waals surface area contributed by atoms with Crippen molar-refractivity contribution in [3.63, 3.8) is 0 Å². The number of hydrogen-bond acceptors (Lipinski definition) is 3. The van der Waals surface area contributed by atoms with Gasteiger partial charge in [0.2, 0.25) is 0 Å². The third kappa shape index (κ3) is 2.95. The van der Waals surface area contributed by atoms with E-state index in [1.165, 1.54) is 18.3 Å². The Morgan fingerprint density at radius 2 is 1.96 bits per heavy atom. The smallest absolute Gasteiger partial charge is 0.340 e. The Balaban J connectivity index is 2.33. The first-order valence-electron chi connectivity index (χ1n) is 8.54. The molecule has 2 aromatic rings. The first-order chi connectivity index (χ1) is 12.2. The molecule has 1 aliphatic heterocycles. The molecule has 0 radical (unpaired) electrons. The van der Waals surface area contributed by atoms with Crippen molar-refractivity contribution in [2.75, 3.05) is 18.4 Å². The molecule has 1 aromatic heterocycles. The van der Waals surface area contributed by atoms with E-state index in [1.54, 1.807) is 18.2 Å². The van der Waals surface area contributed by atoms with E-state index in [-0.39, 0.29) is 34.6 Å². The summed E-state index contributed by atoms with van der Waals surface area (Å²) in [6, 6.07) is 7.60. The Morgan fingerprint density at radius 3 is 2.58 bits per heavy atom. The first-order valence-corrected chi connectivity index (χ1v) is 8.92. The van der Waals surface area contributed by atoms with Crippen LogP contribution in [0.2, 0.25) is 5.02 Å². The SMILES string of the molecule is CCN(CC1(C(F)(F)F)c2cc(Cl)ccc2Nc2ncccc21)C(C)C. The molecule has 1 unspecified atom stereocenters. The molecule has 1 aliphatic rings. The molecule has 0 saturated carbocycles. The van der Waals surface area contributed by atoms with Crippen molar-refractivity contribution in [1.29, 1.82) is 0 Å². The maximum absolute atomic E-state index is 14.7. The lowest BCUT2D eigenvalue weighted by molar-refractivity contribution is -0.184. The fourth-order valence-electron chi connectivity index (χ4n) is 3.63. The minimum absolute atomic E-state index is 0.0307. The monoisotopic (exact) mass is 383 g/mol. The van der Waals surface area contributed by atoms with Crippen molar-refractivity contribution >= 4 is 23.1 Å². The summed E-state index contributed by atoms with van der Waals surface area (Å²) in [4.78, 5) is 5.98. The lowest BCUT2D eigenvalue weighted by Gasteiger charge is -2.45. The second kappa shape index (κ2) is 6.74. The average molecular weight is 384 g/mol. The van der Waals surface area contributed by atoms with E-state index in [2.05, 4.69) is 10.3 Å². The van der Waals surface area contributed by atoms with Crippen molar-refractivity contribution < 1.29 is 13.2 Å². The molecule has 0 bridgehead atoms. The van der Waals surface area contributed by atoms with Gasteiger partial charge in [0.1, 0.15) is 11.2 Å². The standard InChI is InChI=1S/C19H21ClF3N3/c1-4-26(12(2)3)11-18(19(21,22)23)14-6-5-9-24-17(14)25-16-8-7-13(20)10-15(16)18/h5-10,12H,4,11H2,1-3H3,(H,24,25). The van der Waals surface area contributed by atoms with E-state index in [9.17, 15) is 13.2 Å². The molecule has 0 amide bonds. The minimum Gasteiger partial charge on any atom is -0.340 e. The molecule has 0 spiro atoms. The van der Waals surface area contributed by atoms with Gasteiger partial charge in [-0.1, -0.05) is 24.6 Å². The zero-order valence-corrected chi connectivity index (χ0v) is 15.6. The van der Waals surface area contributed by atoms with Gasteiger partial charge in [0.25, 0.3) is 0 Å². The Morgan fingerprint density at radius 1 is 1.23 bits per heavy atom. The summed E-state index contributed by atoms with van der Waals surface area (Å²) in [7, 11) is 0. The zero-order valence-electron chi connectivity index (χ0n) is 14.9. The third-order valence-electron chi connectivity index (χ3n) is 5.02. The van der Waals surface area contributed by atoms with Crippen molar-refractivity contribution in [3.8, 4) is 0 Å². The molecule has 3 rings (SSSR count). The van der Waals surface area contributed by atoms with Crippen LogP contribution >= 0.6 is 11.6 Å². The summed E-state index contributed by atoms with van der Waals surface area (Å²) in [5.41, 5.74) is -1.56. The van der Waals surface area contributed by atoms with Gasteiger partial charge in [-0.05, 0) is 50.2 Å². The Kier molecular flexibility index (Phi) is 4.92. The summed E-state index contributed by atoms with van der Waals surface area (Å²) in [5.74, 6) is 0.236. The molecule has 1 atom stereocenters. The highest BCUT2D eigenvalue weighted by molar-refractivity contribution is 6.30. The quantitative estimate of drug-likeness (QED) is 0.769. The number of aromatic nitrogens is 1. The van der Waals surface area contributed by atoms with Crippen LogP contribution in [-0.2, 0) is 5.41 Å². The van der Waals surface area contributed by atoms with Gasteiger partial charge < -0.3 is 5.32 Å². The van der Waals surface area contributed by atoms with E-state index >= 15 is 0 Å². The molecule has 26 heavy (non-hydrogen) atoms. The fraction of sp³-hybridized carbons (Fsp3) is 0.421. The third-order valence-corrected chi connectivity index (χ3v) is 5.26. The molecule has 3 nitrogen and oxygen atoms in total. The van der Waals surface area contributed by atoms with Gasteiger partial charge in [0.05, 0.1) is 0 Å². The van der Waals surface area contributed by atoms with Crippen LogP contribution in [0.25, 0.3) is 0 Å². The lowest BCUT2D eigenvalue weighted by atomic mass is 9.70. The average Bonchev–Trinajstić information content (AvgIpc) is 2.57.